The molecule has 0 saturated heterocycles. The van der Waals surface area contributed by atoms with Gasteiger partial charge in [0.25, 0.3) is 0 Å². The van der Waals surface area contributed by atoms with Crippen LogP contribution in [0.15, 0.2) is 60.8 Å². The summed E-state index contributed by atoms with van der Waals surface area (Å²) in [6, 6.07) is 0. The van der Waals surface area contributed by atoms with Gasteiger partial charge in [-0.15, -0.1) is 0 Å². The van der Waals surface area contributed by atoms with E-state index in [0.717, 1.165) is 64.2 Å². The van der Waals surface area contributed by atoms with Gasteiger partial charge in [0.15, 0.2) is 6.10 Å². The number of carbonyl (C=O) groups excluding carboxylic acids is 3. The fraction of sp³-hybridized carbons (Fsp3) is 0.787. The van der Waals surface area contributed by atoms with Gasteiger partial charge in [0.2, 0.25) is 0 Å². The third-order valence-corrected chi connectivity index (χ3v) is 12.5. The normalized spacial score (nSPS) is 12.5. The zero-order chi connectivity index (χ0) is 48.6. The summed E-state index contributed by atoms with van der Waals surface area (Å²) < 4.78 is 16.8. The molecule has 388 valence electrons. The molecule has 0 aliphatic carbocycles. The Bertz CT molecular complexity index is 1210. The molecule has 0 unspecified atom stereocenters. The zero-order valence-electron chi connectivity index (χ0n) is 44.4. The third-order valence-electron chi connectivity index (χ3n) is 12.5. The number of ether oxygens (including phenoxy) is 3. The Labute approximate surface area is 415 Å². The maximum atomic E-state index is 12.9. The van der Waals surface area contributed by atoms with Crippen LogP contribution in [0.25, 0.3) is 0 Å². The van der Waals surface area contributed by atoms with Crippen molar-refractivity contribution in [2.24, 2.45) is 0 Å². The number of hydrogen-bond donors (Lipinski definition) is 0. The van der Waals surface area contributed by atoms with E-state index in [1.165, 1.54) is 180 Å². The van der Waals surface area contributed by atoms with Gasteiger partial charge in [-0.25, -0.2) is 0 Å². The van der Waals surface area contributed by atoms with Gasteiger partial charge in [-0.2, -0.15) is 0 Å². The zero-order valence-corrected chi connectivity index (χ0v) is 44.4. The average molecular weight is 938 g/mol. The molecule has 67 heavy (non-hydrogen) atoms. The molecule has 0 aliphatic heterocycles. The second kappa shape index (κ2) is 55.7. The summed E-state index contributed by atoms with van der Waals surface area (Å²) >= 11 is 0. The summed E-state index contributed by atoms with van der Waals surface area (Å²) in [5.41, 5.74) is 0. The lowest BCUT2D eigenvalue weighted by Gasteiger charge is -2.18. The first kappa shape index (κ1) is 64.1. The van der Waals surface area contributed by atoms with Crippen LogP contribution in [0.3, 0.4) is 0 Å². The molecule has 0 amide bonds. The van der Waals surface area contributed by atoms with Crippen LogP contribution in [0.1, 0.15) is 290 Å². The third kappa shape index (κ3) is 53.9. The van der Waals surface area contributed by atoms with Crippen LogP contribution in [0.2, 0.25) is 0 Å². The molecular weight excluding hydrogens is 829 g/mol. The molecule has 0 aromatic carbocycles. The highest BCUT2D eigenvalue weighted by atomic mass is 16.6. The Morgan fingerprint density at radius 2 is 0.552 bits per heavy atom. The number of carbonyl (C=O) groups is 3. The van der Waals surface area contributed by atoms with Gasteiger partial charge in [0, 0.05) is 19.3 Å². The van der Waals surface area contributed by atoms with Gasteiger partial charge in [-0.05, 0) is 83.5 Å². The summed E-state index contributed by atoms with van der Waals surface area (Å²) in [7, 11) is 0. The van der Waals surface area contributed by atoms with Gasteiger partial charge in [0.05, 0.1) is 0 Å². The number of rotatable bonds is 52. The van der Waals surface area contributed by atoms with Crippen molar-refractivity contribution in [3.05, 3.63) is 60.8 Å². The minimum Gasteiger partial charge on any atom is -0.462 e. The summed E-state index contributed by atoms with van der Waals surface area (Å²) in [6.07, 6.45) is 69.3. The Hall–Kier alpha value is -2.89. The number of allylic oxidation sites excluding steroid dienone is 10. The Morgan fingerprint density at radius 1 is 0.299 bits per heavy atom. The Balaban J connectivity index is 4.44. The molecule has 6 heteroatoms. The number of hydrogen-bond acceptors (Lipinski definition) is 6. The quantitative estimate of drug-likeness (QED) is 0.0262. The van der Waals surface area contributed by atoms with Crippen LogP contribution in [-0.4, -0.2) is 37.2 Å². The predicted molar refractivity (Wildman–Crippen MR) is 288 cm³/mol. The second-order valence-corrected chi connectivity index (χ2v) is 19.2. The van der Waals surface area contributed by atoms with Gasteiger partial charge in [-0.3, -0.25) is 14.4 Å². The van der Waals surface area contributed by atoms with E-state index in [4.69, 9.17) is 14.2 Å². The largest absolute Gasteiger partial charge is 0.462 e. The molecular formula is C61H108O6. The van der Waals surface area contributed by atoms with Gasteiger partial charge >= 0.3 is 17.9 Å². The van der Waals surface area contributed by atoms with E-state index in [1.54, 1.807) is 0 Å². The summed E-state index contributed by atoms with van der Waals surface area (Å²) in [5, 5.41) is 0. The highest BCUT2D eigenvalue weighted by molar-refractivity contribution is 5.71. The molecule has 0 aromatic heterocycles. The molecule has 0 spiro atoms. The summed E-state index contributed by atoms with van der Waals surface area (Å²) in [6.45, 7) is 6.58. The van der Waals surface area contributed by atoms with Gasteiger partial charge < -0.3 is 14.2 Å². The minimum absolute atomic E-state index is 0.0910. The molecule has 0 bridgehead atoms. The molecule has 0 rings (SSSR count). The van der Waals surface area contributed by atoms with Crippen LogP contribution in [0, 0.1) is 0 Å². The lowest BCUT2D eigenvalue weighted by atomic mass is 10.0. The van der Waals surface area contributed by atoms with Crippen LogP contribution in [-0.2, 0) is 28.6 Å². The van der Waals surface area contributed by atoms with Crippen LogP contribution >= 0.6 is 0 Å². The van der Waals surface area contributed by atoms with E-state index in [-0.39, 0.29) is 37.5 Å². The van der Waals surface area contributed by atoms with Gasteiger partial charge in [0.1, 0.15) is 13.2 Å². The molecule has 1 atom stereocenters. The summed E-state index contributed by atoms with van der Waals surface area (Å²) in [4.78, 5) is 38.1. The number of unbranched alkanes of at least 4 members (excludes halogenated alkanes) is 31. The van der Waals surface area contributed by atoms with Crippen molar-refractivity contribution in [2.45, 2.75) is 297 Å². The predicted octanol–water partition coefficient (Wildman–Crippen LogP) is 19.2. The van der Waals surface area contributed by atoms with E-state index < -0.39 is 6.10 Å². The van der Waals surface area contributed by atoms with Crippen molar-refractivity contribution >= 4 is 17.9 Å². The maximum Gasteiger partial charge on any atom is 0.306 e. The van der Waals surface area contributed by atoms with E-state index in [2.05, 4.69) is 81.5 Å². The molecule has 0 radical (unpaired) electrons. The molecule has 6 nitrogen and oxygen atoms in total. The average Bonchev–Trinajstić information content (AvgIpc) is 3.33. The lowest BCUT2D eigenvalue weighted by molar-refractivity contribution is -0.167. The fourth-order valence-corrected chi connectivity index (χ4v) is 8.14. The maximum absolute atomic E-state index is 12.9. The Kier molecular flexibility index (Phi) is 53.3. The van der Waals surface area contributed by atoms with Crippen molar-refractivity contribution in [3.63, 3.8) is 0 Å². The van der Waals surface area contributed by atoms with Crippen molar-refractivity contribution in [3.8, 4) is 0 Å². The van der Waals surface area contributed by atoms with Crippen LogP contribution in [0.5, 0.6) is 0 Å². The topological polar surface area (TPSA) is 78.9 Å². The first-order chi connectivity index (χ1) is 33.0. The number of esters is 3. The SMILES string of the molecule is CCCCC/C=C/C/C=C/C/C=C/C/C=C/CCCC(=O)OC[C@@H](COC(=O)CCCCCCCCC/C=C/CCCCCC)OC(=O)CCCCCCCCCCCCCCCCCCC. The lowest BCUT2D eigenvalue weighted by Crippen LogP contribution is -2.30. The van der Waals surface area contributed by atoms with Crippen molar-refractivity contribution in [1.82, 2.24) is 0 Å². The Morgan fingerprint density at radius 3 is 0.955 bits per heavy atom. The van der Waals surface area contributed by atoms with Crippen LogP contribution < -0.4 is 0 Å². The second-order valence-electron chi connectivity index (χ2n) is 19.2. The molecule has 0 heterocycles. The van der Waals surface area contributed by atoms with Crippen molar-refractivity contribution < 1.29 is 28.6 Å². The van der Waals surface area contributed by atoms with E-state index in [9.17, 15) is 14.4 Å². The molecule has 0 saturated carbocycles. The van der Waals surface area contributed by atoms with E-state index >= 15 is 0 Å². The van der Waals surface area contributed by atoms with E-state index in [0.29, 0.717) is 19.3 Å². The van der Waals surface area contributed by atoms with Crippen LogP contribution in [0.4, 0.5) is 0 Å². The fourth-order valence-electron chi connectivity index (χ4n) is 8.14. The van der Waals surface area contributed by atoms with Crippen molar-refractivity contribution in [2.75, 3.05) is 13.2 Å². The first-order valence-electron chi connectivity index (χ1n) is 28.8. The van der Waals surface area contributed by atoms with Gasteiger partial charge in [-0.1, -0.05) is 248 Å². The minimum atomic E-state index is -0.796. The molecule has 0 aliphatic rings. The summed E-state index contributed by atoms with van der Waals surface area (Å²) in [5.74, 6) is -0.941. The highest BCUT2D eigenvalue weighted by Crippen LogP contribution is 2.16. The highest BCUT2D eigenvalue weighted by Gasteiger charge is 2.19. The molecule has 0 aromatic rings. The first-order valence-corrected chi connectivity index (χ1v) is 28.8. The molecule has 0 N–H and O–H groups in total. The monoisotopic (exact) mass is 937 g/mol. The van der Waals surface area contributed by atoms with E-state index in [1.807, 2.05) is 0 Å². The molecule has 0 fully saturated rings. The standard InChI is InChI=1S/C61H108O6/c1-4-7-10-13-16-19-22-25-28-30-33-36-39-42-45-48-51-54-60(63)66-57-58(56-65-59(62)53-50-47-44-41-38-35-32-27-24-21-18-15-12-9-6-3)67-61(64)55-52-49-46-43-40-37-34-31-29-26-23-20-17-14-11-8-5-2/h16,19,21,24-25,28,33,36,42,45,58H,4-15,17-18,20,22-23,26-27,29-32,34-35,37-41,43-44,46-57H2,1-3H3/b19-16+,24-21+,28-25+,36-33+,45-42+/t58-/m1/s1. The van der Waals surface area contributed by atoms with Crippen molar-refractivity contribution in [1.29, 1.82) is 0 Å². The smallest absolute Gasteiger partial charge is 0.306 e.